The molecule has 9 heteroatoms. The van der Waals surface area contributed by atoms with E-state index < -0.39 is 0 Å². The van der Waals surface area contributed by atoms with Crippen LogP contribution in [0.5, 0.6) is 23.0 Å². The molecule has 3 aromatic rings. The SMILES string of the molecule is CCOc1cccc(OCC(=O)NCCn2nc(-c3ccc(OC)c(OC)c3)ccc2=O)c1. The van der Waals surface area contributed by atoms with Gasteiger partial charge in [-0.05, 0) is 43.3 Å². The third-order valence-corrected chi connectivity index (χ3v) is 4.68. The molecule has 0 radical (unpaired) electrons. The zero-order valence-electron chi connectivity index (χ0n) is 18.9. The summed E-state index contributed by atoms with van der Waals surface area (Å²) in [5.41, 5.74) is 1.10. The van der Waals surface area contributed by atoms with Crippen molar-refractivity contribution < 1.29 is 23.7 Å². The van der Waals surface area contributed by atoms with E-state index in [0.29, 0.717) is 35.3 Å². The summed E-state index contributed by atoms with van der Waals surface area (Å²) in [6.07, 6.45) is 0. The van der Waals surface area contributed by atoms with Crippen LogP contribution >= 0.6 is 0 Å². The molecule has 0 aliphatic rings. The van der Waals surface area contributed by atoms with Crippen molar-refractivity contribution in [3.05, 3.63) is 65.0 Å². The molecule has 1 heterocycles. The fourth-order valence-electron chi connectivity index (χ4n) is 3.08. The molecule has 3 rings (SSSR count). The largest absolute Gasteiger partial charge is 0.494 e. The molecular formula is C24H27N3O6. The highest BCUT2D eigenvalue weighted by Gasteiger charge is 2.09. The lowest BCUT2D eigenvalue weighted by Crippen LogP contribution is -2.34. The summed E-state index contributed by atoms with van der Waals surface area (Å²) < 4.78 is 22.8. The van der Waals surface area contributed by atoms with Crippen LogP contribution in [-0.4, -0.2) is 49.7 Å². The van der Waals surface area contributed by atoms with Gasteiger partial charge in [-0.15, -0.1) is 0 Å². The number of aromatic nitrogens is 2. The lowest BCUT2D eigenvalue weighted by molar-refractivity contribution is -0.123. The van der Waals surface area contributed by atoms with Crippen molar-refractivity contribution in [3.63, 3.8) is 0 Å². The van der Waals surface area contributed by atoms with Gasteiger partial charge in [-0.25, -0.2) is 4.68 Å². The van der Waals surface area contributed by atoms with Gasteiger partial charge < -0.3 is 24.3 Å². The van der Waals surface area contributed by atoms with Crippen molar-refractivity contribution >= 4 is 5.91 Å². The molecule has 0 saturated heterocycles. The van der Waals surface area contributed by atoms with E-state index in [4.69, 9.17) is 18.9 Å². The highest BCUT2D eigenvalue weighted by molar-refractivity contribution is 5.77. The number of methoxy groups -OCH3 is 2. The molecule has 0 atom stereocenters. The first kappa shape index (κ1) is 23.6. The number of rotatable bonds is 11. The molecule has 0 fully saturated rings. The molecular weight excluding hydrogens is 426 g/mol. The molecule has 9 nitrogen and oxygen atoms in total. The van der Waals surface area contributed by atoms with Crippen molar-refractivity contribution in [1.29, 1.82) is 0 Å². The molecule has 0 spiro atoms. The van der Waals surface area contributed by atoms with Gasteiger partial charge in [-0.2, -0.15) is 5.10 Å². The fraction of sp³-hybridized carbons (Fsp3) is 0.292. The van der Waals surface area contributed by atoms with E-state index in [1.807, 2.05) is 19.1 Å². The van der Waals surface area contributed by atoms with Gasteiger partial charge in [0.1, 0.15) is 11.5 Å². The standard InChI is InChI=1S/C24H27N3O6/c1-4-32-18-6-5-7-19(15-18)33-16-23(28)25-12-13-27-24(29)11-9-20(26-27)17-8-10-21(30-2)22(14-17)31-3/h5-11,14-15H,4,12-13,16H2,1-3H3,(H,25,28). The zero-order valence-corrected chi connectivity index (χ0v) is 18.9. The second-order valence-electron chi connectivity index (χ2n) is 6.90. The third-order valence-electron chi connectivity index (χ3n) is 4.68. The summed E-state index contributed by atoms with van der Waals surface area (Å²) >= 11 is 0. The van der Waals surface area contributed by atoms with Gasteiger partial charge in [-0.1, -0.05) is 6.07 Å². The Kier molecular flexibility index (Phi) is 8.29. The van der Waals surface area contributed by atoms with Gasteiger partial charge in [0, 0.05) is 24.2 Å². The van der Waals surface area contributed by atoms with Gasteiger partial charge in [0.25, 0.3) is 11.5 Å². The van der Waals surface area contributed by atoms with Gasteiger partial charge in [0.05, 0.1) is 33.1 Å². The summed E-state index contributed by atoms with van der Waals surface area (Å²) in [6, 6.07) is 15.6. The van der Waals surface area contributed by atoms with Gasteiger partial charge in [0.2, 0.25) is 0 Å². The van der Waals surface area contributed by atoms with Crippen LogP contribution < -0.4 is 29.8 Å². The third kappa shape index (κ3) is 6.49. The highest BCUT2D eigenvalue weighted by atomic mass is 16.5. The summed E-state index contributed by atoms with van der Waals surface area (Å²) in [5.74, 6) is 2.07. The van der Waals surface area contributed by atoms with Crippen molar-refractivity contribution in [3.8, 4) is 34.3 Å². The van der Waals surface area contributed by atoms with Gasteiger partial charge >= 0.3 is 0 Å². The maximum absolute atomic E-state index is 12.2. The maximum Gasteiger partial charge on any atom is 0.266 e. The first-order valence-corrected chi connectivity index (χ1v) is 10.5. The summed E-state index contributed by atoms with van der Waals surface area (Å²) in [5, 5.41) is 7.13. The van der Waals surface area contributed by atoms with Crippen LogP contribution in [-0.2, 0) is 11.3 Å². The van der Waals surface area contributed by atoms with E-state index in [1.165, 1.54) is 10.7 Å². The molecule has 1 amide bonds. The fourth-order valence-corrected chi connectivity index (χ4v) is 3.08. The monoisotopic (exact) mass is 453 g/mol. The van der Waals surface area contributed by atoms with Gasteiger partial charge in [0.15, 0.2) is 18.1 Å². The van der Waals surface area contributed by atoms with Crippen LogP contribution in [0.25, 0.3) is 11.3 Å². The van der Waals surface area contributed by atoms with E-state index in [2.05, 4.69) is 10.4 Å². The Morgan fingerprint density at radius 3 is 2.45 bits per heavy atom. The molecule has 1 N–H and O–H groups in total. The van der Waals surface area contributed by atoms with E-state index in [-0.39, 0.29) is 31.2 Å². The molecule has 174 valence electrons. The Hall–Kier alpha value is -4.01. The molecule has 0 saturated carbocycles. The van der Waals surface area contributed by atoms with Crippen LogP contribution in [0.4, 0.5) is 0 Å². The highest BCUT2D eigenvalue weighted by Crippen LogP contribution is 2.31. The quantitative estimate of drug-likeness (QED) is 0.476. The Balaban J connectivity index is 1.56. The van der Waals surface area contributed by atoms with Crippen molar-refractivity contribution in [2.24, 2.45) is 0 Å². The van der Waals surface area contributed by atoms with E-state index in [9.17, 15) is 9.59 Å². The Morgan fingerprint density at radius 2 is 1.73 bits per heavy atom. The second-order valence-corrected chi connectivity index (χ2v) is 6.90. The predicted octanol–water partition coefficient (Wildman–Crippen LogP) is 2.52. The molecule has 2 aromatic carbocycles. The number of hydrogen-bond acceptors (Lipinski definition) is 7. The smallest absolute Gasteiger partial charge is 0.266 e. The number of amides is 1. The van der Waals surface area contributed by atoms with Crippen LogP contribution in [0.2, 0.25) is 0 Å². The predicted molar refractivity (Wildman–Crippen MR) is 123 cm³/mol. The minimum Gasteiger partial charge on any atom is -0.494 e. The average Bonchev–Trinajstić information content (AvgIpc) is 2.84. The van der Waals surface area contributed by atoms with E-state index >= 15 is 0 Å². The van der Waals surface area contributed by atoms with Crippen LogP contribution in [0, 0.1) is 0 Å². The lowest BCUT2D eigenvalue weighted by Gasteiger charge is -2.11. The number of nitrogens with one attached hydrogen (secondary N) is 1. The first-order valence-electron chi connectivity index (χ1n) is 10.5. The number of benzene rings is 2. The Morgan fingerprint density at radius 1 is 0.970 bits per heavy atom. The Bertz CT molecular complexity index is 1150. The average molecular weight is 453 g/mol. The Labute approximate surface area is 191 Å². The van der Waals surface area contributed by atoms with Crippen LogP contribution in [0.1, 0.15) is 6.92 Å². The molecule has 0 bridgehead atoms. The molecule has 33 heavy (non-hydrogen) atoms. The minimum absolute atomic E-state index is 0.149. The molecule has 0 unspecified atom stereocenters. The zero-order chi connectivity index (χ0) is 23.6. The van der Waals surface area contributed by atoms with Gasteiger partial charge in [-0.3, -0.25) is 9.59 Å². The first-order chi connectivity index (χ1) is 16.0. The molecule has 0 aliphatic carbocycles. The topological polar surface area (TPSA) is 101 Å². The number of hydrogen-bond donors (Lipinski definition) is 1. The summed E-state index contributed by atoms with van der Waals surface area (Å²) in [6.45, 7) is 2.73. The van der Waals surface area contributed by atoms with Crippen molar-refractivity contribution in [1.82, 2.24) is 15.1 Å². The number of carbonyl (C=O) groups is 1. The summed E-state index contributed by atoms with van der Waals surface area (Å²) in [4.78, 5) is 24.3. The normalized spacial score (nSPS) is 10.4. The number of nitrogens with zero attached hydrogens (tertiary/aromatic N) is 2. The number of carbonyl (C=O) groups excluding carboxylic acids is 1. The molecule has 1 aromatic heterocycles. The molecule has 0 aliphatic heterocycles. The van der Waals surface area contributed by atoms with E-state index in [0.717, 1.165) is 5.56 Å². The second kappa shape index (κ2) is 11.6. The van der Waals surface area contributed by atoms with Crippen LogP contribution in [0.3, 0.4) is 0 Å². The summed E-state index contributed by atoms with van der Waals surface area (Å²) in [7, 11) is 3.12. The maximum atomic E-state index is 12.2. The van der Waals surface area contributed by atoms with Crippen LogP contribution in [0.15, 0.2) is 59.4 Å². The minimum atomic E-state index is -0.305. The van der Waals surface area contributed by atoms with E-state index in [1.54, 1.807) is 50.6 Å². The lowest BCUT2D eigenvalue weighted by atomic mass is 10.1. The van der Waals surface area contributed by atoms with Crippen molar-refractivity contribution in [2.45, 2.75) is 13.5 Å². The number of ether oxygens (including phenoxy) is 4. The van der Waals surface area contributed by atoms with Crippen molar-refractivity contribution in [2.75, 3.05) is 34.0 Å².